The van der Waals surface area contributed by atoms with E-state index in [0.29, 0.717) is 6.61 Å². The van der Waals surface area contributed by atoms with Crippen LogP contribution in [-0.4, -0.2) is 30.8 Å². The highest BCUT2D eigenvalue weighted by Crippen LogP contribution is 2.31. The van der Waals surface area contributed by atoms with Crippen molar-refractivity contribution in [3.05, 3.63) is 102 Å². The van der Waals surface area contributed by atoms with E-state index in [2.05, 4.69) is 72.5 Å². The number of nitrogens with zero attached hydrogens (tertiary/aromatic N) is 1. The average molecular weight is 404 g/mol. The van der Waals surface area contributed by atoms with Crippen molar-refractivity contribution in [3.63, 3.8) is 0 Å². The van der Waals surface area contributed by atoms with E-state index in [-0.39, 0.29) is 18.4 Å². The minimum absolute atomic E-state index is 0.00419. The summed E-state index contributed by atoms with van der Waals surface area (Å²) in [5.74, 6) is 0.832. The van der Waals surface area contributed by atoms with Gasteiger partial charge in [0.2, 0.25) is 0 Å². The molecule has 1 heterocycles. The van der Waals surface area contributed by atoms with Crippen LogP contribution >= 0.6 is 0 Å². The Morgan fingerprint density at radius 3 is 1.97 bits per heavy atom. The van der Waals surface area contributed by atoms with Gasteiger partial charge < -0.3 is 14.2 Å². The summed E-state index contributed by atoms with van der Waals surface area (Å²) in [7, 11) is 1.67. The summed E-state index contributed by atoms with van der Waals surface area (Å²) >= 11 is 0. The first kappa shape index (κ1) is 20.6. The van der Waals surface area contributed by atoms with Crippen LogP contribution in [-0.2, 0) is 22.6 Å². The van der Waals surface area contributed by atoms with Crippen LogP contribution in [0.15, 0.2) is 84.9 Å². The molecule has 3 aromatic rings. The molecule has 1 unspecified atom stereocenters. The maximum Gasteiger partial charge on any atom is 0.184 e. The Kier molecular flexibility index (Phi) is 6.80. The summed E-state index contributed by atoms with van der Waals surface area (Å²) in [5, 5.41) is 0. The van der Waals surface area contributed by atoms with E-state index in [4.69, 9.17) is 14.2 Å². The van der Waals surface area contributed by atoms with Crippen LogP contribution in [0, 0.1) is 0 Å². The van der Waals surface area contributed by atoms with Gasteiger partial charge >= 0.3 is 0 Å². The molecule has 156 valence electrons. The maximum absolute atomic E-state index is 6.33. The highest BCUT2D eigenvalue weighted by atomic mass is 16.7. The molecule has 0 amide bonds. The zero-order valence-electron chi connectivity index (χ0n) is 17.6. The van der Waals surface area contributed by atoms with Crippen LogP contribution in [0.25, 0.3) is 0 Å². The molecule has 1 fully saturated rings. The minimum atomic E-state index is -0.335. The molecule has 0 aromatic heterocycles. The van der Waals surface area contributed by atoms with Gasteiger partial charge in [0.1, 0.15) is 5.75 Å². The predicted molar refractivity (Wildman–Crippen MR) is 118 cm³/mol. The Labute approximate surface area is 179 Å². The van der Waals surface area contributed by atoms with Crippen molar-refractivity contribution in [1.82, 2.24) is 4.90 Å². The molecule has 3 atom stereocenters. The Morgan fingerprint density at radius 1 is 0.867 bits per heavy atom. The molecule has 4 heteroatoms. The number of benzene rings is 3. The number of ether oxygens (including phenoxy) is 3. The molecule has 1 aliphatic heterocycles. The van der Waals surface area contributed by atoms with Gasteiger partial charge in [-0.05, 0) is 30.2 Å². The predicted octanol–water partition coefficient (Wildman–Crippen LogP) is 5.20. The second-order valence-electron chi connectivity index (χ2n) is 7.73. The van der Waals surface area contributed by atoms with Crippen molar-refractivity contribution >= 4 is 0 Å². The number of methoxy groups -OCH3 is 1. The molecule has 3 aromatic carbocycles. The lowest BCUT2D eigenvalue weighted by atomic mass is 10.1. The quantitative estimate of drug-likeness (QED) is 0.517. The Balaban J connectivity index is 1.47. The molecule has 0 spiro atoms. The van der Waals surface area contributed by atoms with Crippen molar-refractivity contribution in [1.29, 1.82) is 0 Å². The molecule has 1 aliphatic rings. The molecule has 0 saturated carbocycles. The lowest BCUT2D eigenvalue weighted by molar-refractivity contribution is -0.0746. The van der Waals surface area contributed by atoms with E-state index in [1.54, 1.807) is 7.11 Å². The summed E-state index contributed by atoms with van der Waals surface area (Å²) in [6, 6.07) is 29.3. The standard InChI is InChI=1S/C26H29NO3/c1-20(25-19-29-26(30-25)23-13-15-24(28-2)16-14-23)27(17-21-9-5-3-6-10-21)18-22-11-7-4-8-12-22/h3-16,20,25-26H,17-19H2,1-2H3/t20-,25-,26?/m0/s1. The van der Waals surface area contributed by atoms with E-state index >= 15 is 0 Å². The lowest BCUT2D eigenvalue weighted by Crippen LogP contribution is -2.41. The third-order valence-corrected chi connectivity index (χ3v) is 5.67. The zero-order valence-corrected chi connectivity index (χ0v) is 17.6. The van der Waals surface area contributed by atoms with Gasteiger partial charge in [0.15, 0.2) is 6.29 Å². The first-order valence-electron chi connectivity index (χ1n) is 10.5. The van der Waals surface area contributed by atoms with Crippen LogP contribution in [0.1, 0.15) is 29.9 Å². The van der Waals surface area contributed by atoms with Gasteiger partial charge in [0.05, 0.1) is 19.8 Å². The fourth-order valence-electron chi connectivity index (χ4n) is 3.82. The van der Waals surface area contributed by atoms with Gasteiger partial charge in [-0.1, -0.05) is 72.8 Å². The van der Waals surface area contributed by atoms with Crippen molar-refractivity contribution in [3.8, 4) is 5.75 Å². The lowest BCUT2D eigenvalue weighted by Gasteiger charge is -2.32. The molecule has 4 nitrogen and oxygen atoms in total. The smallest absolute Gasteiger partial charge is 0.184 e. The molecule has 4 rings (SSSR count). The Hall–Kier alpha value is -2.66. The van der Waals surface area contributed by atoms with Crippen LogP contribution in [0.3, 0.4) is 0 Å². The average Bonchev–Trinajstić information content (AvgIpc) is 3.30. The Bertz CT molecular complexity index is 857. The molecule has 30 heavy (non-hydrogen) atoms. The molecular formula is C26H29NO3. The van der Waals surface area contributed by atoms with Crippen LogP contribution in [0.5, 0.6) is 5.75 Å². The topological polar surface area (TPSA) is 30.9 Å². The molecular weight excluding hydrogens is 374 g/mol. The number of hydrogen-bond donors (Lipinski definition) is 0. The number of rotatable bonds is 8. The van der Waals surface area contributed by atoms with E-state index in [1.807, 2.05) is 24.3 Å². The largest absolute Gasteiger partial charge is 0.497 e. The first-order valence-corrected chi connectivity index (χ1v) is 10.5. The maximum atomic E-state index is 6.33. The molecule has 0 aliphatic carbocycles. The van der Waals surface area contributed by atoms with E-state index in [0.717, 1.165) is 24.4 Å². The zero-order chi connectivity index (χ0) is 20.8. The first-order chi connectivity index (χ1) is 14.7. The normalized spacial score (nSPS) is 19.7. The minimum Gasteiger partial charge on any atom is -0.497 e. The third kappa shape index (κ3) is 5.08. The van der Waals surface area contributed by atoms with Gasteiger partial charge in [-0.25, -0.2) is 0 Å². The molecule has 0 bridgehead atoms. The van der Waals surface area contributed by atoms with Crippen molar-refractivity contribution in [2.75, 3.05) is 13.7 Å². The molecule has 0 N–H and O–H groups in total. The summed E-state index contributed by atoms with van der Waals surface area (Å²) in [6.45, 7) is 4.54. The second-order valence-corrected chi connectivity index (χ2v) is 7.73. The van der Waals surface area contributed by atoms with Gasteiger partial charge in [0.25, 0.3) is 0 Å². The SMILES string of the molecule is COc1ccc(C2OC[C@@H]([C@H](C)N(Cc3ccccc3)Cc3ccccc3)O2)cc1. The van der Waals surface area contributed by atoms with Crippen molar-refractivity contribution < 1.29 is 14.2 Å². The van der Waals surface area contributed by atoms with Gasteiger partial charge in [-0.3, -0.25) is 4.90 Å². The molecule has 1 saturated heterocycles. The van der Waals surface area contributed by atoms with Crippen LogP contribution < -0.4 is 4.74 Å². The summed E-state index contributed by atoms with van der Waals surface area (Å²) in [5.41, 5.74) is 3.61. The Morgan fingerprint density at radius 2 is 1.43 bits per heavy atom. The van der Waals surface area contributed by atoms with Crippen LogP contribution in [0.2, 0.25) is 0 Å². The monoisotopic (exact) mass is 403 g/mol. The summed E-state index contributed by atoms with van der Waals surface area (Å²) in [6.07, 6.45) is -0.330. The fourth-order valence-corrected chi connectivity index (χ4v) is 3.82. The van der Waals surface area contributed by atoms with Gasteiger partial charge in [-0.15, -0.1) is 0 Å². The second kappa shape index (κ2) is 9.90. The van der Waals surface area contributed by atoms with E-state index < -0.39 is 0 Å². The van der Waals surface area contributed by atoms with Crippen molar-refractivity contribution in [2.45, 2.75) is 38.4 Å². The fraction of sp³-hybridized carbons (Fsp3) is 0.308. The molecule has 0 radical (unpaired) electrons. The van der Waals surface area contributed by atoms with Crippen LogP contribution in [0.4, 0.5) is 0 Å². The van der Waals surface area contributed by atoms with Gasteiger partial charge in [-0.2, -0.15) is 0 Å². The van der Waals surface area contributed by atoms with E-state index in [9.17, 15) is 0 Å². The number of hydrogen-bond acceptors (Lipinski definition) is 4. The summed E-state index contributed by atoms with van der Waals surface area (Å²) in [4.78, 5) is 2.47. The van der Waals surface area contributed by atoms with Crippen molar-refractivity contribution in [2.24, 2.45) is 0 Å². The third-order valence-electron chi connectivity index (χ3n) is 5.67. The van der Waals surface area contributed by atoms with Gasteiger partial charge in [0, 0.05) is 24.7 Å². The van der Waals surface area contributed by atoms with E-state index in [1.165, 1.54) is 11.1 Å². The highest BCUT2D eigenvalue weighted by Gasteiger charge is 2.34. The highest BCUT2D eigenvalue weighted by molar-refractivity contribution is 5.28. The summed E-state index contributed by atoms with van der Waals surface area (Å²) < 4.78 is 17.6.